The molecule has 0 N–H and O–H groups in total. The molecule has 26 heavy (non-hydrogen) atoms. The molecule has 2 aromatic carbocycles. The highest BCUT2D eigenvalue weighted by molar-refractivity contribution is 6.31. The predicted octanol–water partition coefficient (Wildman–Crippen LogP) is 5.34. The average molecular weight is 369 g/mol. The van der Waals surface area contributed by atoms with Crippen LogP contribution in [0.2, 0.25) is 5.02 Å². The lowest BCUT2D eigenvalue weighted by Gasteiger charge is -2.24. The largest absolute Gasteiger partial charge is 0.497 e. The van der Waals surface area contributed by atoms with Crippen LogP contribution in [0.25, 0.3) is 11.3 Å². The monoisotopic (exact) mass is 368 g/mol. The van der Waals surface area contributed by atoms with Crippen molar-refractivity contribution in [2.24, 2.45) is 0 Å². The summed E-state index contributed by atoms with van der Waals surface area (Å²) < 4.78 is 11.2. The smallest absolute Gasteiger partial charge is 0.209 e. The lowest BCUT2D eigenvalue weighted by molar-refractivity contribution is 0.224. The van der Waals surface area contributed by atoms with Crippen LogP contribution in [0.5, 0.6) is 5.75 Å². The topological polar surface area (TPSA) is 38.5 Å². The molecule has 5 heteroatoms. The molecule has 1 saturated heterocycles. The Hall–Kier alpha value is -2.30. The van der Waals surface area contributed by atoms with E-state index in [9.17, 15) is 0 Å². The van der Waals surface area contributed by atoms with Crippen molar-refractivity contribution < 1.29 is 9.15 Å². The molecule has 1 atom stereocenters. The molecule has 0 radical (unpaired) electrons. The average Bonchev–Trinajstić information content (AvgIpc) is 3.32. The normalized spacial score (nSPS) is 17.5. The van der Waals surface area contributed by atoms with E-state index in [1.165, 1.54) is 5.56 Å². The van der Waals surface area contributed by atoms with Crippen LogP contribution in [0, 0.1) is 0 Å². The molecule has 1 fully saturated rings. The first-order valence-electron chi connectivity index (χ1n) is 8.82. The summed E-state index contributed by atoms with van der Waals surface area (Å²) in [6, 6.07) is 16.2. The minimum absolute atomic E-state index is 0.319. The fourth-order valence-corrected chi connectivity index (χ4v) is 3.82. The molecule has 0 aliphatic carbocycles. The maximum atomic E-state index is 6.41. The molecule has 134 valence electrons. The molecule has 4 nitrogen and oxygen atoms in total. The van der Waals surface area contributed by atoms with Gasteiger partial charge in [-0.1, -0.05) is 29.8 Å². The van der Waals surface area contributed by atoms with E-state index in [2.05, 4.69) is 16.0 Å². The van der Waals surface area contributed by atoms with Gasteiger partial charge in [-0.3, -0.25) is 4.90 Å². The number of rotatable bonds is 5. The number of likely N-dealkylation sites (tertiary alicyclic amines) is 1. The summed E-state index contributed by atoms with van der Waals surface area (Å²) in [6.45, 7) is 1.71. The summed E-state index contributed by atoms with van der Waals surface area (Å²) in [6.07, 6.45) is 4.05. The van der Waals surface area contributed by atoms with Crippen molar-refractivity contribution in [3.05, 3.63) is 71.2 Å². The molecule has 3 aromatic rings. The van der Waals surface area contributed by atoms with Gasteiger partial charge in [0, 0.05) is 16.6 Å². The Morgan fingerprint density at radius 1 is 1.19 bits per heavy atom. The lowest BCUT2D eigenvalue weighted by atomic mass is 10.0. The Kier molecular flexibility index (Phi) is 4.96. The second kappa shape index (κ2) is 7.52. The highest BCUT2D eigenvalue weighted by Crippen LogP contribution is 2.36. The summed E-state index contributed by atoms with van der Waals surface area (Å²) in [5.41, 5.74) is 2.18. The van der Waals surface area contributed by atoms with Gasteiger partial charge in [-0.05, 0) is 55.3 Å². The lowest BCUT2D eigenvalue weighted by Crippen LogP contribution is -2.23. The number of nitrogens with zero attached hydrogens (tertiary/aromatic N) is 2. The van der Waals surface area contributed by atoms with E-state index in [0.29, 0.717) is 12.6 Å². The zero-order valence-corrected chi connectivity index (χ0v) is 15.4. The second-order valence-electron chi connectivity index (χ2n) is 6.50. The molecule has 1 aliphatic heterocycles. The predicted molar refractivity (Wildman–Crippen MR) is 102 cm³/mol. The zero-order chi connectivity index (χ0) is 17.9. The summed E-state index contributed by atoms with van der Waals surface area (Å²) in [4.78, 5) is 6.87. The zero-order valence-electron chi connectivity index (χ0n) is 14.7. The maximum absolute atomic E-state index is 6.41. The number of hydrogen-bond donors (Lipinski definition) is 0. The Balaban J connectivity index is 1.50. The van der Waals surface area contributed by atoms with Crippen molar-refractivity contribution in [1.82, 2.24) is 9.88 Å². The van der Waals surface area contributed by atoms with E-state index in [4.69, 9.17) is 20.8 Å². The molecule has 1 aliphatic rings. The summed E-state index contributed by atoms with van der Waals surface area (Å²) in [5, 5.41) is 0.829. The van der Waals surface area contributed by atoms with Gasteiger partial charge >= 0.3 is 0 Å². The van der Waals surface area contributed by atoms with Crippen molar-refractivity contribution in [2.45, 2.75) is 25.4 Å². The van der Waals surface area contributed by atoms with E-state index in [1.807, 2.05) is 42.5 Å². The van der Waals surface area contributed by atoms with Crippen molar-refractivity contribution in [3.8, 4) is 17.1 Å². The Bertz CT molecular complexity index is 876. The number of ether oxygens (including phenoxy) is 1. The minimum atomic E-state index is 0.319. The number of hydrogen-bond acceptors (Lipinski definition) is 4. The Morgan fingerprint density at radius 2 is 2.00 bits per heavy atom. The molecule has 1 aromatic heterocycles. The number of aromatic nitrogens is 1. The van der Waals surface area contributed by atoms with Crippen LogP contribution in [0.15, 0.2) is 59.1 Å². The van der Waals surface area contributed by atoms with E-state index in [-0.39, 0.29) is 0 Å². The van der Waals surface area contributed by atoms with Crippen LogP contribution in [0.1, 0.15) is 30.3 Å². The van der Waals surface area contributed by atoms with E-state index < -0.39 is 0 Å². The molecular formula is C21H21ClN2O2. The van der Waals surface area contributed by atoms with Crippen LogP contribution < -0.4 is 4.74 Å². The van der Waals surface area contributed by atoms with Crippen LogP contribution in [0.4, 0.5) is 0 Å². The third kappa shape index (κ3) is 3.48. The maximum Gasteiger partial charge on any atom is 0.209 e. The minimum Gasteiger partial charge on any atom is -0.497 e. The number of methoxy groups -OCH3 is 1. The van der Waals surface area contributed by atoms with Gasteiger partial charge < -0.3 is 9.15 Å². The molecule has 0 bridgehead atoms. The number of halogens is 1. The fourth-order valence-electron chi connectivity index (χ4n) is 3.56. The molecule has 0 unspecified atom stereocenters. The first-order valence-corrected chi connectivity index (χ1v) is 9.20. The highest BCUT2D eigenvalue weighted by Gasteiger charge is 2.28. The summed E-state index contributed by atoms with van der Waals surface area (Å²) >= 11 is 6.41. The van der Waals surface area contributed by atoms with E-state index in [0.717, 1.165) is 47.4 Å². The van der Waals surface area contributed by atoms with Gasteiger partial charge in [0.15, 0.2) is 5.76 Å². The van der Waals surface area contributed by atoms with Crippen LogP contribution in [-0.2, 0) is 6.54 Å². The number of oxazole rings is 1. The van der Waals surface area contributed by atoms with E-state index >= 15 is 0 Å². The first kappa shape index (κ1) is 17.1. The summed E-state index contributed by atoms with van der Waals surface area (Å²) in [7, 11) is 1.66. The highest BCUT2D eigenvalue weighted by atomic mass is 35.5. The van der Waals surface area contributed by atoms with Crippen LogP contribution in [0.3, 0.4) is 0 Å². The van der Waals surface area contributed by atoms with Gasteiger partial charge in [0.25, 0.3) is 0 Å². The van der Waals surface area contributed by atoms with E-state index in [1.54, 1.807) is 13.3 Å². The molecule has 0 spiro atoms. The van der Waals surface area contributed by atoms with Gasteiger partial charge in [-0.15, -0.1) is 0 Å². The molecule has 0 saturated carbocycles. The van der Waals surface area contributed by atoms with Gasteiger partial charge in [0.2, 0.25) is 5.89 Å². The second-order valence-corrected chi connectivity index (χ2v) is 6.90. The van der Waals surface area contributed by atoms with Crippen LogP contribution >= 0.6 is 11.6 Å². The Labute approximate surface area is 158 Å². The molecule has 2 heterocycles. The molecule has 4 rings (SSSR count). The summed E-state index contributed by atoms with van der Waals surface area (Å²) in [5.74, 6) is 2.33. The van der Waals surface area contributed by atoms with Gasteiger partial charge in [-0.2, -0.15) is 0 Å². The number of benzene rings is 2. The third-order valence-electron chi connectivity index (χ3n) is 4.89. The fraction of sp³-hybridized carbons (Fsp3) is 0.286. The quantitative estimate of drug-likeness (QED) is 0.609. The standard InChI is InChI=1S/C21H21ClN2O2/c1-25-16-10-8-15(9-11-16)20-13-23-21(26-20)14-24-12-4-7-19(24)17-5-2-3-6-18(17)22/h2-3,5-6,8-11,13,19H,4,7,12,14H2,1H3/t19-/m0/s1. The van der Waals surface area contributed by atoms with Crippen LogP contribution in [-0.4, -0.2) is 23.5 Å². The molecular weight excluding hydrogens is 348 g/mol. The third-order valence-corrected chi connectivity index (χ3v) is 5.24. The molecule has 0 amide bonds. The Morgan fingerprint density at radius 3 is 2.77 bits per heavy atom. The van der Waals surface area contributed by atoms with Crippen molar-refractivity contribution in [3.63, 3.8) is 0 Å². The van der Waals surface area contributed by atoms with Crippen molar-refractivity contribution >= 4 is 11.6 Å². The van der Waals surface area contributed by atoms with Crippen molar-refractivity contribution in [2.75, 3.05) is 13.7 Å². The van der Waals surface area contributed by atoms with Gasteiger partial charge in [0.05, 0.1) is 19.9 Å². The van der Waals surface area contributed by atoms with Crippen molar-refractivity contribution in [1.29, 1.82) is 0 Å². The van der Waals surface area contributed by atoms with Gasteiger partial charge in [-0.25, -0.2) is 4.98 Å². The van der Waals surface area contributed by atoms with Gasteiger partial charge in [0.1, 0.15) is 5.75 Å². The SMILES string of the molecule is COc1ccc(-c2cnc(CN3CCC[C@H]3c3ccccc3Cl)o2)cc1. The first-order chi connectivity index (χ1) is 12.7.